The zero-order valence-corrected chi connectivity index (χ0v) is 15.8. The van der Waals surface area contributed by atoms with Crippen molar-refractivity contribution in [1.29, 1.82) is 0 Å². The van der Waals surface area contributed by atoms with Gasteiger partial charge in [0.05, 0.1) is 5.69 Å². The Hall–Kier alpha value is -3.48. The molecule has 2 aromatic carbocycles. The molecule has 0 spiro atoms. The van der Waals surface area contributed by atoms with Crippen LogP contribution >= 0.6 is 0 Å². The minimum atomic E-state index is -0.874. The molecule has 0 saturated carbocycles. The van der Waals surface area contributed by atoms with Crippen LogP contribution in [0.2, 0.25) is 0 Å². The van der Waals surface area contributed by atoms with Crippen molar-refractivity contribution in [3.63, 3.8) is 0 Å². The van der Waals surface area contributed by atoms with E-state index in [1.807, 2.05) is 26.0 Å². The summed E-state index contributed by atoms with van der Waals surface area (Å²) in [6.07, 6.45) is 2.22. The van der Waals surface area contributed by atoms with Gasteiger partial charge in [-0.05, 0) is 44.2 Å². The lowest BCUT2D eigenvalue weighted by molar-refractivity contribution is 0.102. The van der Waals surface area contributed by atoms with Gasteiger partial charge >= 0.3 is 0 Å². The van der Waals surface area contributed by atoms with Gasteiger partial charge in [0.15, 0.2) is 11.5 Å². The van der Waals surface area contributed by atoms with Crippen LogP contribution in [0.15, 0.2) is 54.7 Å². The van der Waals surface area contributed by atoms with E-state index < -0.39 is 17.5 Å². The number of para-hydroxylation sites is 1. The van der Waals surface area contributed by atoms with Gasteiger partial charge in [0.1, 0.15) is 22.8 Å². The van der Waals surface area contributed by atoms with Crippen LogP contribution in [0, 0.1) is 11.6 Å². The van der Waals surface area contributed by atoms with Gasteiger partial charge in [-0.2, -0.15) is 0 Å². The van der Waals surface area contributed by atoms with Gasteiger partial charge in [-0.1, -0.05) is 12.1 Å². The van der Waals surface area contributed by atoms with E-state index in [0.29, 0.717) is 17.6 Å². The number of carbonyl (C=O) groups is 1. The Bertz CT molecular complexity index is 1100. The summed E-state index contributed by atoms with van der Waals surface area (Å²) >= 11 is 0. The Labute approximate surface area is 166 Å². The molecule has 1 amide bonds. The van der Waals surface area contributed by atoms with Crippen molar-refractivity contribution in [2.24, 2.45) is 0 Å². The minimum absolute atomic E-state index is 0.0502. The van der Waals surface area contributed by atoms with Gasteiger partial charge in [0, 0.05) is 24.2 Å². The quantitative estimate of drug-likeness (QED) is 0.665. The number of carbonyl (C=O) groups excluding carboxylic acids is 1. The van der Waals surface area contributed by atoms with Crippen molar-refractivity contribution in [3.05, 3.63) is 77.5 Å². The molecule has 7 heteroatoms. The zero-order chi connectivity index (χ0) is 20.6. The van der Waals surface area contributed by atoms with E-state index in [0.717, 1.165) is 24.1 Å². The highest BCUT2D eigenvalue weighted by Gasteiger charge is 2.32. The maximum Gasteiger partial charge on any atom is 0.261 e. The van der Waals surface area contributed by atoms with Crippen molar-refractivity contribution < 1.29 is 23.0 Å². The average molecular weight is 396 g/mol. The Morgan fingerprint density at radius 1 is 1.17 bits per heavy atom. The van der Waals surface area contributed by atoms with Crippen LogP contribution in [-0.2, 0) is 6.42 Å². The van der Waals surface area contributed by atoms with Gasteiger partial charge in [-0.25, -0.2) is 13.8 Å². The topological polar surface area (TPSA) is 60.5 Å². The first kappa shape index (κ1) is 18.9. The van der Waals surface area contributed by atoms with Gasteiger partial charge < -0.3 is 14.8 Å². The number of rotatable bonds is 4. The molecule has 3 aromatic rings. The molecule has 5 nitrogen and oxygen atoms in total. The Morgan fingerprint density at radius 2 is 2.00 bits per heavy atom. The third kappa shape index (κ3) is 3.89. The molecule has 0 radical (unpaired) electrons. The second-order valence-electron chi connectivity index (χ2n) is 7.32. The number of hydrogen-bond acceptors (Lipinski definition) is 4. The molecular formula is C22H18F2N2O3. The summed E-state index contributed by atoms with van der Waals surface area (Å²) in [4.78, 5) is 16.8. The van der Waals surface area contributed by atoms with Crippen molar-refractivity contribution in [2.75, 3.05) is 5.32 Å². The lowest BCUT2D eigenvalue weighted by Crippen LogP contribution is -2.24. The van der Waals surface area contributed by atoms with Gasteiger partial charge in [0.2, 0.25) is 5.88 Å². The Balaban J connectivity index is 1.62. The number of nitrogens with one attached hydrogen (secondary N) is 1. The van der Waals surface area contributed by atoms with E-state index in [4.69, 9.17) is 9.47 Å². The number of halogens is 2. The summed E-state index contributed by atoms with van der Waals surface area (Å²) in [7, 11) is 0. The Morgan fingerprint density at radius 3 is 2.79 bits per heavy atom. The Kier molecular flexibility index (Phi) is 4.66. The molecule has 1 N–H and O–H groups in total. The first-order valence-corrected chi connectivity index (χ1v) is 9.02. The maximum absolute atomic E-state index is 13.9. The van der Waals surface area contributed by atoms with Crippen LogP contribution in [-0.4, -0.2) is 16.5 Å². The number of fused-ring (bicyclic) bond motifs is 1. The molecule has 0 unspecified atom stereocenters. The number of nitrogens with zero attached hydrogens (tertiary/aromatic N) is 1. The van der Waals surface area contributed by atoms with Crippen LogP contribution < -0.4 is 14.8 Å². The summed E-state index contributed by atoms with van der Waals surface area (Å²) in [5.74, 6) is -1.14. The minimum Gasteiger partial charge on any atom is -0.483 e. The van der Waals surface area contributed by atoms with Gasteiger partial charge in [-0.3, -0.25) is 4.79 Å². The van der Waals surface area contributed by atoms with E-state index in [-0.39, 0.29) is 22.7 Å². The highest BCUT2D eigenvalue weighted by Crippen LogP contribution is 2.43. The van der Waals surface area contributed by atoms with Crippen LogP contribution in [0.1, 0.15) is 29.8 Å². The molecule has 0 fully saturated rings. The highest BCUT2D eigenvalue weighted by atomic mass is 19.1. The van der Waals surface area contributed by atoms with Crippen LogP contribution in [0.5, 0.6) is 17.4 Å². The molecule has 0 aliphatic carbocycles. The van der Waals surface area contributed by atoms with Crippen molar-refractivity contribution in [1.82, 2.24) is 4.98 Å². The number of hydrogen-bond donors (Lipinski definition) is 1. The molecule has 1 aliphatic heterocycles. The van der Waals surface area contributed by atoms with Gasteiger partial charge in [0.25, 0.3) is 5.91 Å². The molecule has 4 rings (SSSR count). The normalized spacial score (nSPS) is 14.1. The fraction of sp³-hybridized carbons (Fsp3) is 0.182. The first-order chi connectivity index (χ1) is 13.8. The SMILES string of the molecule is CC1(C)Cc2cccc(Oc3ncccc3C(=O)Nc3ccc(F)cc3F)c2O1. The second-order valence-corrected chi connectivity index (χ2v) is 7.32. The van der Waals surface area contributed by atoms with Crippen molar-refractivity contribution in [3.8, 4) is 17.4 Å². The van der Waals surface area contributed by atoms with E-state index in [1.54, 1.807) is 12.1 Å². The predicted octanol–water partition coefficient (Wildman–Crippen LogP) is 5.12. The number of ether oxygens (including phenoxy) is 2. The first-order valence-electron chi connectivity index (χ1n) is 9.02. The molecule has 148 valence electrons. The third-order valence-electron chi connectivity index (χ3n) is 4.46. The van der Waals surface area contributed by atoms with E-state index in [9.17, 15) is 13.6 Å². The lowest BCUT2D eigenvalue weighted by atomic mass is 10.0. The smallest absolute Gasteiger partial charge is 0.261 e. The number of anilines is 1. The number of pyridine rings is 1. The molecular weight excluding hydrogens is 378 g/mol. The number of benzene rings is 2. The van der Waals surface area contributed by atoms with Crippen molar-refractivity contribution >= 4 is 11.6 Å². The van der Waals surface area contributed by atoms with E-state index >= 15 is 0 Å². The summed E-state index contributed by atoms with van der Waals surface area (Å²) < 4.78 is 38.8. The summed E-state index contributed by atoms with van der Waals surface area (Å²) in [6.45, 7) is 3.96. The highest BCUT2D eigenvalue weighted by molar-refractivity contribution is 6.05. The fourth-order valence-electron chi connectivity index (χ4n) is 3.20. The van der Waals surface area contributed by atoms with Crippen LogP contribution in [0.25, 0.3) is 0 Å². The predicted molar refractivity (Wildman–Crippen MR) is 103 cm³/mol. The molecule has 0 saturated heterocycles. The average Bonchev–Trinajstić information content (AvgIpc) is 2.99. The van der Waals surface area contributed by atoms with Crippen LogP contribution in [0.3, 0.4) is 0 Å². The standard InChI is InChI=1S/C22H18F2N2O3/c1-22(2)12-13-5-3-7-18(19(13)29-22)28-21-15(6-4-10-25-21)20(27)26-17-9-8-14(23)11-16(17)24/h3-11H,12H2,1-2H3,(H,26,27). The molecule has 0 bridgehead atoms. The van der Waals surface area contributed by atoms with Gasteiger partial charge in [-0.15, -0.1) is 0 Å². The summed E-state index contributed by atoms with van der Waals surface area (Å²) in [5, 5.41) is 2.41. The zero-order valence-electron chi connectivity index (χ0n) is 15.8. The molecule has 0 atom stereocenters. The van der Waals surface area contributed by atoms with E-state index in [2.05, 4.69) is 10.3 Å². The summed E-state index contributed by atoms with van der Waals surface area (Å²) in [5.41, 5.74) is 0.609. The maximum atomic E-state index is 13.9. The molecule has 29 heavy (non-hydrogen) atoms. The van der Waals surface area contributed by atoms with Crippen molar-refractivity contribution in [2.45, 2.75) is 25.9 Å². The number of aromatic nitrogens is 1. The fourth-order valence-corrected chi connectivity index (χ4v) is 3.20. The molecule has 2 heterocycles. The second kappa shape index (κ2) is 7.16. The monoisotopic (exact) mass is 396 g/mol. The van der Waals surface area contributed by atoms with Crippen LogP contribution in [0.4, 0.5) is 14.5 Å². The largest absolute Gasteiger partial charge is 0.483 e. The number of amides is 1. The summed E-state index contributed by atoms with van der Waals surface area (Å²) in [6, 6.07) is 11.5. The van der Waals surface area contributed by atoms with E-state index in [1.165, 1.54) is 12.3 Å². The lowest BCUT2D eigenvalue weighted by Gasteiger charge is -2.18. The molecule has 1 aromatic heterocycles. The molecule has 1 aliphatic rings. The third-order valence-corrected chi connectivity index (χ3v) is 4.46.